The average molecular weight is 404 g/mol. The minimum atomic E-state index is -0.279. The Balaban J connectivity index is 1.69. The van der Waals surface area contributed by atoms with Crippen molar-refractivity contribution in [3.8, 4) is 0 Å². The van der Waals surface area contributed by atoms with Crippen LogP contribution in [0.2, 0.25) is 0 Å². The maximum atomic E-state index is 13.3. The number of ether oxygens (including phenoxy) is 1. The van der Waals surface area contributed by atoms with Gasteiger partial charge in [0.05, 0.1) is 24.5 Å². The molecule has 2 amide bonds. The highest BCUT2D eigenvalue weighted by atomic mass is 32.1. The van der Waals surface area contributed by atoms with Gasteiger partial charge in [-0.05, 0) is 44.6 Å². The molecule has 1 aliphatic carbocycles. The fourth-order valence-corrected chi connectivity index (χ4v) is 5.36. The predicted octanol–water partition coefficient (Wildman–Crippen LogP) is 3.20. The lowest BCUT2D eigenvalue weighted by molar-refractivity contribution is 0.0303. The molecular weight excluding hydrogens is 378 g/mol. The highest BCUT2D eigenvalue weighted by Crippen LogP contribution is 2.40. The van der Waals surface area contributed by atoms with Crippen molar-refractivity contribution in [2.24, 2.45) is 5.92 Å². The van der Waals surface area contributed by atoms with E-state index in [1.165, 1.54) is 16.2 Å². The Morgan fingerprint density at radius 3 is 2.64 bits per heavy atom. The summed E-state index contributed by atoms with van der Waals surface area (Å²) in [6, 6.07) is 0. The van der Waals surface area contributed by atoms with E-state index in [-0.39, 0.29) is 11.8 Å². The zero-order valence-electron chi connectivity index (χ0n) is 16.5. The van der Waals surface area contributed by atoms with E-state index in [0.717, 1.165) is 24.8 Å². The van der Waals surface area contributed by atoms with Crippen molar-refractivity contribution in [3.05, 3.63) is 33.0 Å². The first kappa shape index (κ1) is 19.1. The minimum Gasteiger partial charge on any atom is -0.378 e. The van der Waals surface area contributed by atoms with Crippen LogP contribution in [0.1, 0.15) is 56.0 Å². The number of aryl methyl sites for hydroxylation is 2. The van der Waals surface area contributed by atoms with Crippen molar-refractivity contribution in [1.82, 2.24) is 10.1 Å². The number of anilines is 1. The molecule has 0 saturated carbocycles. The van der Waals surface area contributed by atoms with Crippen molar-refractivity contribution >= 4 is 28.2 Å². The third-order valence-corrected chi connectivity index (χ3v) is 6.68. The number of rotatable bonds is 3. The van der Waals surface area contributed by atoms with E-state index in [0.29, 0.717) is 59.8 Å². The molecule has 1 fully saturated rings. The number of nitrogens with one attached hydrogen (secondary N) is 1. The quantitative estimate of drug-likeness (QED) is 0.851. The number of carbonyl (C=O) groups excluding carboxylic acids is 2. The molecule has 0 spiro atoms. The number of morpholine rings is 1. The number of amides is 2. The number of thiophene rings is 1. The maximum Gasteiger partial charge on any atom is 0.261 e. The van der Waals surface area contributed by atoms with Crippen LogP contribution in [0.15, 0.2) is 4.52 Å². The van der Waals surface area contributed by atoms with Crippen LogP contribution in [-0.4, -0.2) is 48.2 Å². The first-order chi connectivity index (χ1) is 13.5. The first-order valence-corrected chi connectivity index (χ1v) is 10.5. The Morgan fingerprint density at radius 1 is 1.21 bits per heavy atom. The normalized spacial score (nSPS) is 19.4. The lowest BCUT2D eigenvalue weighted by Crippen LogP contribution is -2.41. The molecular formula is C20H25N3O4S. The monoisotopic (exact) mass is 403 g/mol. The van der Waals surface area contributed by atoms with Crippen molar-refractivity contribution in [3.63, 3.8) is 0 Å². The SMILES string of the molecule is Cc1noc(C)c1C(=O)Nc1sc2c(c1C(=O)N1CCOCC1)CC[C@@H](C)C2. The molecule has 150 valence electrons. The van der Waals surface area contributed by atoms with Crippen molar-refractivity contribution in [1.29, 1.82) is 0 Å². The van der Waals surface area contributed by atoms with E-state index in [9.17, 15) is 9.59 Å². The average Bonchev–Trinajstić information content (AvgIpc) is 3.20. The molecule has 1 saturated heterocycles. The third kappa shape index (κ3) is 3.46. The van der Waals surface area contributed by atoms with Crippen molar-refractivity contribution in [2.45, 2.75) is 40.0 Å². The smallest absolute Gasteiger partial charge is 0.261 e. The molecule has 2 aromatic rings. The summed E-state index contributed by atoms with van der Waals surface area (Å²) in [6.45, 7) is 7.95. The van der Waals surface area contributed by atoms with Gasteiger partial charge in [-0.2, -0.15) is 0 Å². The summed E-state index contributed by atoms with van der Waals surface area (Å²) in [6.07, 6.45) is 2.88. The summed E-state index contributed by atoms with van der Waals surface area (Å²) < 4.78 is 10.5. The van der Waals surface area contributed by atoms with Crippen LogP contribution in [0.5, 0.6) is 0 Å². The van der Waals surface area contributed by atoms with Crippen LogP contribution in [0.4, 0.5) is 5.00 Å². The number of fused-ring (bicyclic) bond motifs is 1. The molecule has 8 heteroatoms. The van der Waals surface area contributed by atoms with Gasteiger partial charge >= 0.3 is 0 Å². The highest BCUT2D eigenvalue weighted by molar-refractivity contribution is 7.17. The summed E-state index contributed by atoms with van der Waals surface area (Å²) >= 11 is 1.53. The van der Waals surface area contributed by atoms with E-state index in [2.05, 4.69) is 17.4 Å². The van der Waals surface area contributed by atoms with Gasteiger partial charge in [0.15, 0.2) is 0 Å². The molecule has 0 radical (unpaired) electrons. The van der Waals surface area contributed by atoms with Crippen LogP contribution >= 0.6 is 11.3 Å². The molecule has 7 nitrogen and oxygen atoms in total. The van der Waals surface area contributed by atoms with E-state index < -0.39 is 0 Å². The highest BCUT2D eigenvalue weighted by Gasteiger charge is 2.32. The van der Waals surface area contributed by atoms with E-state index in [4.69, 9.17) is 9.26 Å². The van der Waals surface area contributed by atoms with Gasteiger partial charge in [-0.3, -0.25) is 9.59 Å². The standard InChI is InChI=1S/C20H25N3O4S/c1-11-4-5-14-15(10-11)28-19(17(14)20(25)23-6-8-26-9-7-23)21-18(24)16-12(2)22-27-13(16)3/h11H,4-10H2,1-3H3,(H,21,24)/t11-/m1/s1. The van der Waals surface area contributed by atoms with Crippen LogP contribution in [0.3, 0.4) is 0 Å². The maximum absolute atomic E-state index is 13.3. The molecule has 4 rings (SSSR count). The molecule has 28 heavy (non-hydrogen) atoms. The van der Waals surface area contributed by atoms with Gasteiger partial charge in [0.25, 0.3) is 11.8 Å². The van der Waals surface area contributed by atoms with Crippen molar-refractivity contribution in [2.75, 3.05) is 31.6 Å². The summed E-state index contributed by atoms with van der Waals surface area (Å²) in [5.41, 5.74) is 2.75. The molecule has 3 heterocycles. The molecule has 1 atom stereocenters. The van der Waals surface area contributed by atoms with Crippen LogP contribution in [0, 0.1) is 19.8 Å². The lowest BCUT2D eigenvalue weighted by atomic mass is 9.88. The molecule has 0 aromatic carbocycles. The fourth-order valence-electron chi connectivity index (χ4n) is 3.96. The molecule has 2 aliphatic rings. The molecule has 1 N–H and O–H groups in total. The van der Waals surface area contributed by atoms with Crippen LogP contribution < -0.4 is 5.32 Å². The van der Waals surface area contributed by atoms with E-state index in [1.807, 2.05) is 4.90 Å². The van der Waals surface area contributed by atoms with E-state index >= 15 is 0 Å². The Labute approximate surface area is 168 Å². The fraction of sp³-hybridized carbons (Fsp3) is 0.550. The number of hydrogen-bond donors (Lipinski definition) is 1. The zero-order valence-corrected chi connectivity index (χ0v) is 17.3. The Bertz CT molecular complexity index is 891. The van der Waals surface area contributed by atoms with Gasteiger partial charge in [0, 0.05) is 18.0 Å². The van der Waals surface area contributed by atoms with Crippen LogP contribution in [-0.2, 0) is 17.6 Å². The zero-order chi connectivity index (χ0) is 19.8. The van der Waals surface area contributed by atoms with Gasteiger partial charge in [-0.1, -0.05) is 12.1 Å². The molecule has 0 bridgehead atoms. The number of hydrogen-bond acceptors (Lipinski definition) is 6. The van der Waals surface area contributed by atoms with E-state index in [1.54, 1.807) is 13.8 Å². The second-order valence-corrected chi connectivity index (χ2v) is 8.72. The molecule has 1 aliphatic heterocycles. The lowest BCUT2D eigenvalue weighted by Gasteiger charge is -2.28. The Morgan fingerprint density at radius 2 is 1.96 bits per heavy atom. The Kier molecular flexibility index (Phi) is 5.25. The number of nitrogens with zero attached hydrogens (tertiary/aromatic N) is 2. The predicted molar refractivity (Wildman–Crippen MR) is 106 cm³/mol. The topological polar surface area (TPSA) is 84.7 Å². The molecule has 2 aromatic heterocycles. The Hall–Kier alpha value is -2.19. The second kappa shape index (κ2) is 7.67. The first-order valence-electron chi connectivity index (χ1n) is 9.71. The third-order valence-electron chi connectivity index (χ3n) is 5.51. The minimum absolute atomic E-state index is 0.00980. The summed E-state index contributed by atoms with van der Waals surface area (Å²) in [7, 11) is 0. The van der Waals surface area contributed by atoms with Gasteiger partial charge in [-0.15, -0.1) is 11.3 Å². The largest absolute Gasteiger partial charge is 0.378 e. The van der Waals surface area contributed by atoms with Crippen molar-refractivity contribution < 1.29 is 18.8 Å². The van der Waals surface area contributed by atoms with Crippen LogP contribution in [0.25, 0.3) is 0 Å². The second-order valence-electron chi connectivity index (χ2n) is 7.61. The summed E-state index contributed by atoms with van der Waals surface area (Å²) in [5, 5.41) is 7.49. The molecule has 0 unspecified atom stereocenters. The van der Waals surface area contributed by atoms with Gasteiger partial charge in [-0.25, -0.2) is 0 Å². The van der Waals surface area contributed by atoms with Gasteiger partial charge < -0.3 is 19.5 Å². The van der Waals surface area contributed by atoms with Gasteiger partial charge in [0.2, 0.25) is 0 Å². The number of carbonyl (C=O) groups is 2. The summed E-state index contributed by atoms with van der Waals surface area (Å²) in [4.78, 5) is 29.3. The van der Waals surface area contributed by atoms with Gasteiger partial charge in [0.1, 0.15) is 16.3 Å². The summed E-state index contributed by atoms with van der Waals surface area (Å²) in [5.74, 6) is 0.776. The number of aromatic nitrogens is 1.